The van der Waals surface area contributed by atoms with E-state index in [2.05, 4.69) is 15.6 Å². The summed E-state index contributed by atoms with van der Waals surface area (Å²) < 4.78 is 10.9. The third-order valence-corrected chi connectivity index (χ3v) is 8.64. The van der Waals surface area contributed by atoms with Crippen LogP contribution in [0, 0.1) is 22.0 Å². The van der Waals surface area contributed by atoms with Crippen LogP contribution in [0.1, 0.15) is 11.1 Å². The van der Waals surface area contributed by atoms with Crippen molar-refractivity contribution in [2.24, 2.45) is 11.8 Å². The van der Waals surface area contributed by atoms with Crippen LogP contribution in [0.4, 0.5) is 17.1 Å². The van der Waals surface area contributed by atoms with Crippen LogP contribution in [0.25, 0.3) is 10.9 Å². The number of rotatable bonds is 4. The molecule has 41 heavy (non-hydrogen) atoms. The molecule has 2 fully saturated rings. The summed E-state index contributed by atoms with van der Waals surface area (Å²) in [5, 5.41) is 18.8. The Morgan fingerprint density at radius 2 is 1.83 bits per heavy atom. The first-order valence-electron chi connectivity index (χ1n) is 13.1. The summed E-state index contributed by atoms with van der Waals surface area (Å²) in [5.41, 5.74) is 0.874. The van der Waals surface area contributed by atoms with Crippen molar-refractivity contribution in [1.29, 1.82) is 0 Å². The van der Waals surface area contributed by atoms with Gasteiger partial charge in [-0.2, -0.15) is 0 Å². The number of non-ortho nitro benzene ring substituents is 1. The maximum absolute atomic E-state index is 14.3. The smallest absolute Gasteiger partial charge is 0.269 e. The van der Waals surface area contributed by atoms with Crippen LogP contribution >= 0.6 is 0 Å². The topological polar surface area (TPSA) is 156 Å². The standard InChI is InChI=1S/C29H21N5O7/c35-26-24-21(9-14-12-30-19-4-2-1-3-17(14)19)32-29(18-10-16(34(38)39)5-7-20(18)31-28(29)37)25(24)27(36)33(26)15-6-8-22-23(11-15)41-13-40-22/h1-8,10-12,21,24-25,30,32H,9,13H2,(H,31,37)/t21?,24-,25+,29?/m1/s1. The third-order valence-electron chi connectivity index (χ3n) is 8.64. The molecule has 12 nitrogen and oxygen atoms in total. The molecular formula is C29H21N5O7. The number of nitro groups is 1. The Kier molecular flexibility index (Phi) is 4.70. The molecule has 3 aromatic carbocycles. The van der Waals surface area contributed by atoms with E-state index < -0.39 is 46.1 Å². The van der Waals surface area contributed by atoms with Gasteiger partial charge in [-0.15, -0.1) is 0 Å². The fourth-order valence-electron chi connectivity index (χ4n) is 6.89. The molecule has 4 aliphatic rings. The number of hydrogen-bond acceptors (Lipinski definition) is 8. The molecule has 0 bridgehead atoms. The largest absolute Gasteiger partial charge is 0.454 e. The molecule has 2 unspecified atom stereocenters. The van der Waals surface area contributed by atoms with Crippen LogP contribution in [0.2, 0.25) is 0 Å². The van der Waals surface area contributed by atoms with Crippen molar-refractivity contribution in [3.63, 3.8) is 0 Å². The van der Waals surface area contributed by atoms with Crippen molar-refractivity contribution in [2.45, 2.75) is 18.0 Å². The zero-order valence-electron chi connectivity index (χ0n) is 21.2. The number of benzene rings is 3. The van der Waals surface area contributed by atoms with E-state index in [9.17, 15) is 24.5 Å². The van der Waals surface area contributed by atoms with Crippen LogP contribution < -0.4 is 25.0 Å². The van der Waals surface area contributed by atoms with Gasteiger partial charge < -0.3 is 19.8 Å². The number of ether oxygens (including phenoxy) is 2. The van der Waals surface area contributed by atoms with Gasteiger partial charge in [0.1, 0.15) is 5.54 Å². The van der Waals surface area contributed by atoms with Gasteiger partial charge in [-0.1, -0.05) is 18.2 Å². The number of fused-ring (bicyclic) bond motifs is 6. The quantitative estimate of drug-likeness (QED) is 0.199. The van der Waals surface area contributed by atoms with E-state index in [0.717, 1.165) is 21.4 Å². The van der Waals surface area contributed by atoms with Crippen LogP contribution in [-0.4, -0.2) is 40.5 Å². The Labute approximate surface area is 231 Å². The lowest BCUT2D eigenvalue weighted by Gasteiger charge is -2.29. The first kappa shape index (κ1) is 23.6. The predicted octanol–water partition coefficient (Wildman–Crippen LogP) is 2.97. The Morgan fingerprint density at radius 1 is 1.00 bits per heavy atom. The number of hydrogen-bond donors (Lipinski definition) is 3. The number of H-pyrrole nitrogens is 1. The summed E-state index contributed by atoms with van der Waals surface area (Å²) in [6, 6.07) is 16.0. The lowest BCUT2D eigenvalue weighted by molar-refractivity contribution is -0.384. The number of nitro benzene ring substituents is 1. The molecule has 8 rings (SSSR count). The van der Waals surface area contributed by atoms with Crippen LogP contribution in [0.3, 0.4) is 0 Å². The molecular weight excluding hydrogens is 530 g/mol. The highest BCUT2D eigenvalue weighted by atomic mass is 16.7. The minimum atomic E-state index is -1.68. The van der Waals surface area contributed by atoms with Crippen molar-refractivity contribution in [1.82, 2.24) is 10.3 Å². The summed E-state index contributed by atoms with van der Waals surface area (Å²) in [7, 11) is 0. The van der Waals surface area contributed by atoms with Crippen molar-refractivity contribution in [2.75, 3.05) is 17.0 Å². The molecule has 5 heterocycles. The van der Waals surface area contributed by atoms with E-state index in [1.807, 2.05) is 30.5 Å². The number of carbonyl (C=O) groups is 3. The molecule has 0 radical (unpaired) electrons. The highest BCUT2D eigenvalue weighted by molar-refractivity contribution is 6.26. The number of para-hydroxylation sites is 1. The van der Waals surface area contributed by atoms with Gasteiger partial charge in [0.15, 0.2) is 11.5 Å². The zero-order chi connectivity index (χ0) is 28.0. The molecule has 1 spiro atoms. The highest BCUT2D eigenvalue weighted by Crippen LogP contribution is 2.55. The summed E-state index contributed by atoms with van der Waals surface area (Å²) in [4.78, 5) is 57.7. The molecule has 1 aromatic heterocycles. The molecule has 4 aromatic rings. The number of aromatic nitrogens is 1. The number of amides is 3. The van der Waals surface area contributed by atoms with Crippen LogP contribution in [0.15, 0.2) is 66.9 Å². The molecule has 4 aliphatic heterocycles. The van der Waals surface area contributed by atoms with E-state index in [1.165, 1.54) is 18.2 Å². The molecule has 0 saturated carbocycles. The fraction of sp³-hybridized carbons (Fsp3) is 0.207. The lowest BCUT2D eigenvalue weighted by atomic mass is 9.76. The van der Waals surface area contributed by atoms with Gasteiger partial charge in [-0.05, 0) is 36.2 Å². The maximum atomic E-state index is 14.3. The van der Waals surface area contributed by atoms with E-state index >= 15 is 0 Å². The lowest BCUT2D eigenvalue weighted by Crippen LogP contribution is -2.53. The number of nitrogens with zero attached hydrogens (tertiary/aromatic N) is 2. The van der Waals surface area contributed by atoms with Crippen LogP contribution in [0.5, 0.6) is 11.5 Å². The molecule has 2 saturated heterocycles. The third kappa shape index (κ3) is 3.10. The Balaban J connectivity index is 1.28. The van der Waals surface area contributed by atoms with E-state index in [4.69, 9.17) is 9.47 Å². The van der Waals surface area contributed by atoms with Crippen molar-refractivity contribution in [3.05, 3.63) is 88.1 Å². The second-order valence-corrected chi connectivity index (χ2v) is 10.6. The first-order valence-corrected chi connectivity index (χ1v) is 13.1. The summed E-state index contributed by atoms with van der Waals surface area (Å²) in [6.45, 7) is 0.0292. The van der Waals surface area contributed by atoms with Crippen molar-refractivity contribution in [3.8, 4) is 11.5 Å². The van der Waals surface area contributed by atoms with Gasteiger partial charge in [-0.3, -0.25) is 29.8 Å². The number of carbonyl (C=O) groups excluding carboxylic acids is 3. The van der Waals surface area contributed by atoms with E-state index in [0.29, 0.717) is 29.3 Å². The number of aromatic amines is 1. The van der Waals surface area contributed by atoms with Gasteiger partial charge in [0, 0.05) is 52.6 Å². The van der Waals surface area contributed by atoms with Gasteiger partial charge >= 0.3 is 0 Å². The Hall–Kier alpha value is -5.23. The Bertz CT molecular complexity index is 1850. The van der Waals surface area contributed by atoms with Gasteiger partial charge in [0.05, 0.1) is 22.4 Å². The molecule has 3 N–H and O–H groups in total. The minimum Gasteiger partial charge on any atom is -0.454 e. The second kappa shape index (κ2) is 8.15. The van der Waals surface area contributed by atoms with Gasteiger partial charge in [-0.25, -0.2) is 4.90 Å². The number of nitrogens with one attached hydrogen (secondary N) is 3. The number of imide groups is 1. The first-order chi connectivity index (χ1) is 19.9. The van der Waals surface area contributed by atoms with Crippen molar-refractivity contribution >= 4 is 45.7 Å². The van der Waals surface area contributed by atoms with Crippen LogP contribution in [-0.2, 0) is 26.3 Å². The summed E-state index contributed by atoms with van der Waals surface area (Å²) in [6.07, 6.45) is 2.19. The van der Waals surface area contributed by atoms with Gasteiger partial charge in [0.2, 0.25) is 24.5 Å². The van der Waals surface area contributed by atoms with Crippen molar-refractivity contribution < 1.29 is 28.8 Å². The molecule has 4 atom stereocenters. The zero-order valence-corrected chi connectivity index (χ0v) is 21.2. The predicted molar refractivity (Wildman–Crippen MR) is 144 cm³/mol. The van der Waals surface area contributed by atoms with Gasteiger partial charge in [0.25, 0.3) is 5.69 Å². The average Bonchev–Trinajstić information content (AvgIpc) is 3.76. The molecule has 12 heteroatoms. The average molecular weight is 552 g/mol. The Morgan fingerprint density at radius 3 is 2.68 bits per heavy atom. The minimum absolute atomic E-state index is 0.0292. The monoisotopic (exact) mass is 551 g/mol. The molecule has 0 aliphatic carbocycles. The molecule has 204 valence electrons. The normalized spacial score (nSPS) is 25.7. The summed E-state index contributed by atoms with van der Waals surface area (Å²) >= 11 is 0. The second-order valence-electron chi connectivity index (χ2n) is 10.6. The molecule has 3 amide bonds. The fourth-order valence-corrected chi connectivity index (χ4v) is 6.89. The SMILES string of the molecule is O=C1[C@@H]2C(Cc3c[nH]c4ccccc34)NC3(C(=O)Nc4ccc([N+](=O)[O-])cc43)[C@@H]2C(=O)N1c1ccc2c(c1)OCO2. The summed E-state index contributed by atoms with van der Waals surface area (Å²) in [5.74, 6) is -2.71. The number of anilines is 2. The maximum Gasteiger partial charge on any atom is 0.269 e. The van der Waals surface area contributed by atoms with E-state index in [1.54, 1.807) is 18.2 Å². The highest BCUT2D eigenvalue weighted by Gasteiger charge is 2.70. The van der Waals surface area contributed by atoms with E-state index in [-0.39, 0.29) is 18.0 Å².